The van der Waals surface area contributed by atoms with Crippen LogP contribution in [0.3, 0.4) is 0 Å². The van der Waals surface area contributed by atoms with E-state index in [1.807, 2.05) is 42.5 Å². The molecule has 0 aliphatic carbocycles. The molecular weight excluding hydrogens is 354 g/mol. The Labute approximate surface area is 138 Å². The Morgan fingerprint density at radius 3 is 2.62 bits per heavy atom. The fraction of sp³-hybridized carbons (Fsp3) is 0.250. The number of aliphatic hydroxyl groups is 1. The van der Waals surface area contributed by atoms with Crippen LogP contribution in [0.15, 0.2) is 46.9 Å². The third kappa shape index (κ3) is 4.71. The molecule has 2 aromatic carbocycles. The Bertz CT molecular complexity index is 589. The molecule has 0 fully saturated rings. The predicted molar refractivity (Wildman–Crippen MR) is 88.8 cm³/mol. The maximum Gasteiger partial charge on any atom is 0.125 e. The number of nitrogens with one attached hydrogen (secondary N) is 1. The van der Waals surface area contributed by atoms with E-state index in [1.54, 1.807) is 7.05 Å². The minimum absolute atomic E-state index is 0.429. The van der Waals surface area contributed by atoms with E-state index < -0.39 is 6.10 Å². The Morgan fingerprint density at radius 2 is 1.95 bits per heavy atom. The summed E-state index contributed by atoms with van der Waals surface area (Å²) in [5.41, 5.74) is 1.78. The van der Waals surface area contributed by atoms with Crippen LogP contribution in [0.25, 0.3) is 0 Å². The molecule has 5 heteroatoms. The van der Waals surface area contributed by atoms with Gasteiger partial charge < -0.3 is 15.2 Å². The van der Waals surface area contributed by atoms with Crippen molar-refractivity contribution in [3.63, 3.8) is 0 Å². The molecule has 0 radical (unpaired) electrons. The fourth-order valence-corrected chi connectivity index (χ4v) is 2.46. The molecule has 2 aromatic rings. The number of halogens is 2. The van der Waals surface area contributed by atoms with Gasteiger partial charge in [-0.25, -0.2) is 0 Å². The van der Waals surface area contributed by atoms with Crippen LogP contribution >= 0.6 is 27.5 Å². The zero-order valence-electron chi connectivity index (χ0n) is 11.6. The van der Waals surface area contributed by atoms with Crippen molar-refractivity contribution in [3.8, 4) is 5.75 Å². The third-order valence-electron chi connectivity index (χ3n) is 3.04. The Morgan fingerprint density at radius 1 is 1.24 bits per heavy atom. The molecule has 0 saturated heterocycles. The molecule has 0 amide bonds. The van der Waals surface area contributed by atoms with Gasteiger partial charge in [0.15, 0.2) is 0 Å². The zero-order valence-corrected chi connectivity index (χ0v) is 14.0. The van der Waals surface area contributed by atoms with E-state index in [1.165, 1.54) is 0 Å². The van der Waals surface area contributed by atoms with Gasteiger partial charge in [0.05, 0.1) is 6.10 Å². The molecule has 3 nitrogen and oxygen atoms in total. The summed E-state index contributed by atoms with van der Waals surface area (Å²) in [6.07, 6.45) is -0.618. The number of ether oxygens (including phenoxy) is 1. The van der Waals surface area contributed by atoms with Crippen molar-refractivity contribution in [1.29, 1.82) is 0 Å². The molecule has 0 aliphatic heterocycles. The van der Waals surface area contributed by atoms with Crippen molar-refractivity contribution in [2.75, 3.05) is 13.6 Å². The molecule has 0 bridgehead atoms. The summed E-state index contributed by atoms with van der Waals surface area (Å²) in [4.78, 5) is 0. The normalized spacial score (nSPS) is 12.2. The average Bonchev–Trinajstić information content (AvgIpc) is 2.48. The zero-order chi connectivity index (χ0) is 15.2. The topological polar surface area (TPSA) is 41.5 Å². The highest BCUT2D eigenvalue weighted by molar-refractivity contribution is 9.10. The maximum atomic E-state index is 10.2. The standard InChI is InChI=1S/C16H17BrClNO2/c1-19-9-15(20)14-8-12(17)4-7-16(14)21-10-11-2-5-13(18)6-3-11/h2-8,15,19-20H,9-10H2,1H3. The Balaban J connectivity index is 2.13. The number of aliphatic hydroxyl groups excluding tert-OH is 1. The molecule has 1 atom stereocenters. The lowest BCUT2D eigenvalue weighted by Gasteiger charge is -2.16. The minimum Gasteiger partial charge on any atom is -0.489 e. The van der Waals surface area contributed by atoms with Crippen molar-refractivity contribution in [2.24, 2.45) is 0 Å². The number of rotatable bonds is 6. The summed E-state index contributed by atoms with van der Waals surface area (Å²) in [7, 11) is 1.80. The largest absolute Gasteiger partial charge is 0.489 e. The minimum atomic E-state index is -0.618. The van der Waals surface area contributed by atoms with Gasteiger partial charge in [0.25, 0.3) is 0 Å². The molecule has 0 aliphatic rings. The molecule has 0 aromatic heterocycles. The number of hydrogen-bond donors (Lipinski definition) is 2. The maximum absolute atomic E-state index is 10.2. The van der Waals surface area contributed by atoms with Gasteiger partial charge >= 0.3 is 0 Å². The third-order valence-corrected chi connectivity index (χ3v) is 3.78. The van der Waals surface area contributed by atoms with Gasteiger partial charge in [0.1, 0.15) is 12.4 Å². The van der Waals surface area contributed by atoms with E-state index in [-0.39, 0.29) is 0 Å². The first-order valence-corrected chi connectivity index (χ1v) is 7.76. The van der Waals surface area contributed by atoms with E-state index in [4.69, 9.17) is 16.3 Å². The van der Waals surface area contributed by atoms with Gasteiger partial charge in [0, 0.05) is 21.6 Å². The van der Waals surface area contributed by atoms with Gasteiger partial charge in [-0.3, -0.25) is 0 Å². The number of benzene rings is 2. The first kappa shape index (κ1) is 16.3. The lowest BCUT2D eigenvalue weighted by Crippen LogP contribution is -2.17. The van der Waals surface area contributed by atoms with Crippen LogP contribution in [0.5, 0.6) is 5.75 Å². The van der Waals surface area contributed by atoms with Crippen LogP contribution in [0.2, 0.25) is 5.02 Å². The lowest BCUT2D eigenvalue weighted by molar-refractivity contribution is 0.170. The summed E-state index contributed by atoms with van der Waals surface area (Å²) in [6, 6.07) is 13.1. The monoisotopic (exact) mass is 369 g/mol. The van der Waals surface area contributed by atoms with Crippen LogP contribution in [-0.2, 0) is 6.61 Å². The summed E-state index contributed by atoms with van der Waals surface area (Å²) in [6.45, 7) is 0.895. The van der Waals surface area contributed by atoms with Gasteiger partial charge in [-0.2, -0.15) is 0 Å². The molecule has 0 spiro atoms. The van der Waals surface area contributed by atoms with E-state index >= 15 is 0 Å². The van der Waals surface area contributed by atoms with Crippen LogP contribution < -0.4 is 10.1 Å². The summed E-state index contributed by atoms with van der Waals surface area (Å²) < 4.78 is 6.74. The molecule has 112 valence electrons. The summed E-state index contributed by atoms with van der Waals surface area (Å²) in [5, 5.41) is 13.8. The van der Waals surface area contributed by atoms with Gasteiger partial charge in [0.2, 0.25) is 0 Å². The van der Waals surface area contributed by atoms with Crippen LogP contribution in [0.4, 0.5) is 0 Å². The molecule has 2 N–H and O–H groups in total. The second-order valence-corrected chi connectivity index (χ2v) is 6.02. The van der Waals surface area contributed by atoms with Crippen LogP contribution in [0.1, 0.15) is 17.2 Å². The summed E-state index contributed by atoms with van der Waals surface area (Å²) >= 11 is 9.28. The Kier molecular flexibility index (Phi) is 6.06. The highest BCUT2D eigenvalue weighted by atomic mass is 79.9. The van der Waals surface area contributed by atoms with Gasteiger partial charge in [-0.15, -0.1) is 0 Å². The van der Waals surface area contributed by atoms with E-state index in [2.05, 4.69) is 21.2 Å². The van der Waals surface area contributed by atoms with Gasteiger partial charge in [-0.1, -0.05) is 39.7 Å². The smallest absolute Gasteiger partial charge is 0.125 e. The molecule has 21 heavy (non-hydrogen) atoms. The van der Waals surface area contributed by atoms with E-state index in [9.17, 15) is 5.11 Å². The first-order chi connectivity index (χ1) is 10.1. The van der Waals surface area contributed by atoms with E-state index in [0.29, 0.717) is 23.9 Å². The number of hydrogen-bond acceptors (Lipinski definition) is 3. The average molecular weight is 371 g/mol. The van der Waals surface area contributed by atoms with E-state index in [0.717, 1.165) is 15.6 Å². The quantitative estimate of drug-likeness (QED) is 0.809. The van der Waals surface area contributed by atoms with Crippen molar-refractivity contribution in [2.45, 2.75) is 12.7 Å². The van der Waals surface area contributed by atoms with Crippen LogP contribution in [-0.4, -0.2) is 18.7 Å². The van der Waals surface area contributed by atoms with Crippen molar-refractivity contribution >= 4 is 27.5 Å². The second-order valence-electron chi connectivity index (χ2n) is 4.67. The van der Waals surface area contributed by atoms with Crippen LogP contribution in [0, 0.1) is 0 Å². The molecule has 0 heterocycles. The molecule has 1 unspecified atom stereocenters. The fourth-order valence-electron chi connectivity index (χ4n) is 1.96. The number of likely N-dealkylation sites (N-methyl/N-ethyl adjacent to an activating group) is 1. The highest BCUT2D eigenvalue weighted by Crippen LogP contribution is 2.29. The predicted octanol–water partition coefficient (Wildman–Crippen LogP) is 3.93. The second kappa shape index (κ2) is 7.80. The molecular formula is C16H17BrClNO2. The van der Waals surface area contributed by atoms with Crippen molar-refractivity contribution in [1.82, 2.24) is 5.32 Å². The highest BCUT2D eigenvalue weighted by Gasteiger charge is 2.13. The lowest BCUT2D eigenvalue weighted by atomic mass is 10.1. The first-order valence-electron chi connectivity index (χ1n) is 6.59. The van der Waals surface area contributed by atoms with Crippen molar-refractivity contribution < 1.29 is 9.84 Å². The van der Waals surface area contributed by atoms with Crippen molar-refractivity contribution in [3.05, 3.63) is 63.1 Å². The SMILES string of the molecule is CNCC(O)c1cc(Br)ccc1OCc1ccc(Cl)cc1. The molecule has 0 saturated carbocycles. The Hall–Kier alpha value is -1.07. The van der Waals surface area contributed by atoms with Gasteiger partial charge in [-0.05, 0) is 42.9 Å². The summed E-state index contributed by atoms with van der Waals surface area (Å²) in [5.74, 6) is 0.677. The molecule has 2 rings (SSSR count).